The molecule has 1 aromatic heterocycles. The van der Waals surface area contributed by atoms with Crippen LogP contribution in [0, 0.1) is 18.3 Å². The van der Waals surface area contributed by atoms with Gasteiger partial charge in [0.15, 0.2) is 5.16 Å². The fourth-order valence-corrected chi connectivity index (χ4v) is 2.28. The number of hydrogen-bond acceptors (Lipinski definition) is 5. The second kappa shape index (κ2) is 5.52. The zero-order chi connectivity index (χ0) is 13.0. The van der Waals surface area contributed by atoms with E-state index in [0.717, 1.165) is 10.6 Å². The van der Waals surface area contributed by atoms with Crippen molar-refractivity contribution in [3.63, 3.8) is 0 Å². The Balaban J connectivity index is 2.36. The van der Waals surface area contributed by atoms with Crippen LogP contribution in [0.5, 0.6) is 5.75 Å². The van der Waals surface area contributed by atoms with Crippen molar-refractivity contribution >= 4 is 11.8 Å². The van der Waals surface area contributed by atoms with Crippen LogP contribution < -0.4 is 4.74 Å². The number of aryl methyl sites for hydroxylation is 1. The highest BCUT2D eigenvalue weighted by Crippen LogP contribution is 2.30. The quantitative estimate of drug-likeness (QED) is 0.791. The van der Waals surface area contributed by atoms with Gasteiger partial charge < -0.3 is 4.74 Å². The molecule has 0 saturated heterocycles. The number of benzene rings is 1. The Kier molecular flexibility index (Phi) is 3.80. The smallest absolute Gasteiger partial charge is 0.192 e. The Hall–Kier alpha value is -2.06. The van der Waals surface area contributed by atoms with Crippen molar-refractivity contribution in [2.24, 2.45) is 0 Å². The van der Waals surface area contributed by atoms with Gasteiger partial charge in [0.25, 0.3) is 0 Å². The monoisotopic (exact) mass is 257 g/mol. The number of nitriles is 1. The molecule has 0 radical (unpaired) electrons. The van der Waals surface area contributed by atoms with Gasteiger partial charge in [0.1, 0.15) is 11.8 Å². The normalized spacial score (nSPS) is 9.83. The van der Waals surface area contributed by atoms with Gasteiger partial charge in [-0.1, -0.05) is 0 Å². The van der Waals surface area contributed by atoms with E-state index in [9.17, 15) is 0 Å². The predicted octanol–water partition coefficient (Wildman–Crippen LogP) is 2.82. The van der Waals surface area contributed by atoms with Crippen molar-refractivity contribution in [1.29, 1.82) is 5.26 Å². The summed E-state index contributed by atoms with van der Waals surface area (Å²) in [6.45, 7) is 1.91. The Morgan fingerprint density at radius 3 is 2.83 bits per heavy atom. The fourth-order valence-electron chi connectivity index (χ4n) is 1.38. The van der Waals surface area contributed by atoms with E-state index in [1.165, 1.54) is 11.8 Å². The second-order valence-corrected chi connectivity index (χ2v) is 4.57. The molecule has 0 saturated carbocycles. The van der Waals surface area contributed by atoms with E-state index in [4.69, 9.17) is 10.00 Å². The number of rotatable bonds is 3. The molecule has 4 nitrogen and oxygen atoms in total. The molecule has 2 rings (SSSR count). The Morgan fingerprint density at radius 1 is 1.33 bits per heavy atom. The molecule has 0 aliphatic carbocycles. The highest BCUT2D eigenvalue weighted by atomic mass is 32.2. The molecule has 2 aromatic rings. The van der Waals surface area contributed by atoms with Crippen molar-refractivity contribution in [3.8, 4) is 11.8 Å². The van der Waals surface area contributed by atoms with Gasteiger partial charge in [-0.2, -0.15) is 5.26 Å². The average molecular weight is 257 g/mol. The SMILES string of the molecule is COc1ccc(C#N)c(Sc2nccc(C)n2)c1. The summed E-state index contributed by atoms with van der Waals surface area (Å²) in [5.74, 6) is 0.712. The highest BCUT2D eigenvalue weighted by molar-refractivity contribution is 7.99. The topological polar surface area (TPSA) is 58.8 Å². The first-order chi connectivity index (χ1) is 8.72. The van der Waals surface area contributed by atoms with Crippen molar-refractivity contribution in [3.05, 3.63) is 41.7 Å². The minimum atomic E-state index is 0.589. The van der Waals surface area contributed by atoms with Crippen LogP contribution in [-0.4, -0.2) is 17.1 Å². The van der Waals surface area contributed by atoms with Gasteiger partial charge in [-0.05, 0) is 43.0 Å². The summed E-state index contributed by atoms with van der Waals surface area (Å²) in [5.41, 5.74) is 1.49. The lowest BCUT2D eigenvalue weighted by atomic mass is 10.2. The lowest BCUT2D eigenvalue weighted by molar-refractivity contribution is 0.413. The summed E-state index contributed by atoms with van der Waals surface area (Å²) in [5, 5.41) is 9.69. The van der Waals surface area contributed by atoms with Gasteiger partial charge in [-0.25, -0.2) is 9.97 Å². The lowest BCUT2D eigenvalue weighted by Crippen LogP contribution is -1.90. The standard InChI is InChI=1S/C13H11N3OS/c1-9-5-6-15-13(16-9)18-12-7-11(17-2)4-3-10(12)8-14/h3-7H,1-2H3. The summed E-state index contributed by atoms with van der Waals surface area (Å²) >= 11 is 1.36. The van der Waals surface area contributed by atoms with Gasteiger partial charge in [-0.3, -0.25) is 0 Å². The summed E-state index contributed by atoms with van der Waals surface area (Å²) in [7, 11) is 1.60. The molecule has 90 valence electrons. The first-order valence-electron chi connectivity index (χ1n) is 5.28. The van der Waals surface area contributed by atoms with Crippen LogP contribution in [0.1, 0.15) is 11.3 Å². The third-order valence-electron chi connectivity index (χ3n) is 2.28. The van der Waals surface area contributed by atoms with Crippen LogP contribution in [0.25, 0.3) is 0 Å². The van der Waals surface area contributed by atoms with Crippen molar-refractivity contribution < 1.29 is 4.74 Å². The minimum absolute atomic E-state index is 0.589. The molecule has 0 unspecified atom stereocenters. The zero-order valence-corrected chi connectivity index (χ0v) is 10.9. The third kappa shape index (κ3) is 2.79. The first kappa shape index (κ1) is 12.4. The van der Waals surface area contributed by atoms with E-state index in [2.05, 4.69) is 16.0 Å². The number of hydrogen-bond donors (Lipinski definition) is 0. The molecule has 0 N–H and O–H groups in total. The van der Waals surface area contributed by atoms with E-state index in [1.807, 2.05) is 19.1 Å². The molecule has 0 atom stereocenters. The van der Waals surface area contributed by atoms with Crippen LogP contribution in [0.3, 0.4) is 0 Å². The number of aromatic nitrogens is 2. The molecule has 1 aromatic carbocycles. The molecule has 0 bridgehead atoms. The number of ether oxygens (including phenoxy) is 1. The second-order valence-electron chi connectivity index (χ2n) is 3.56. The van der Waals surface area contributed by atoms with Gasteiger partial charge in [-0.15, -0.1) is 0 Å². The van der Waals surface area contributed by atoms with Crippen LogP contribution in [0.2, 0.25) is 0 Å². The number of nitrogens with zero attached hydrogens (tertiary/aromatic N) is 3. The Bertz CT molecular complexity index is 607. The van der Waals surface area contributed by atoms with E-state index in [1.54, 1.807) is 25.4 Å². The first-order valence-corrected chi connectivity index (χ1v) is 6.10. The lowest BCUT2D eigenvalue weighted by Gasteiger charge is -2.05. The maximum Gasteiger partial charge on any atom is 0.192 e. The molecular weight excluding hydrogens is 246 g/mol. The predicted molar refractivity (Wildman–Crippen MR) is 68.6 cm³/mol. The van der Waals surface area contributed by atoms with E-state index >= 15 is 0 Å². The summed E-state index contributed by atoms with van der Waals surface area (Å²) in [4.78, 5) is 9.26. The van der Waals surface area contributed by atoms with Crippen LogP contribution in [0.4, 0.5) is 0 Å². The molecular formula is C13H11N3OS. The minimum Gasteiger partial charge on any atom is -0.497 e. The Labute approximate surface area is 110 Å². The molecule has 18 heavy (non-hydrogen) atoms. The molecule has 0 spiro atoms. The largest absolute Gasteiger partial charge is 0.497 e. The maximum absolute atomic E-state index is 9.07. The number of methoxy groups -OCH3 is 1. The van der Waals surface area contributed by atoms with E-state index in [0.29, 0.717) is 16.5 Å². The summed E-state index contributed by atoms with van der Waals surface area (Å²) in [6.07, 6.45) is 1.71. The fraction of sp³-hybridized carbons (Fsp3) is 0.154. The summed E-state index contributed by atoms with van der Waals surface area (Å²) < 4.78 is 5.15. The van der Waals surface area contributed by atoms with Crippen LogP contribution >= 0.6 is 11.8 Å². The van der Waals surface area contributed by atoms with Gasteiger partial charge in [0, 0.05) is 16.8 Å². The molecule has 1 heterocycles. The van der Waals surface area contributed by atoms with Crippen molar-refractivity contribution in [1.82, 2.24) is 9.97 Å². The Morgan fingerprint density at radius 2 is 2.17 bits per heavy atom. The average Bonchev–Trinajstić information content (AvgIpc) is 2.38. The summed E-state index contributed by atoms with van der Waals surface area (Å²) in [6, 6.07) is 9.30. The molecule has 5 heteroatoms. The van der Waals surface area contributed by atoms with Crippen molar-refractivity contribution in [2.45, 2.75) is 17.0 Å². The highest BCUT2D eigenvalue weighted by Gasteiger charge is 2.08. The third-order valence-corrected chi connectivity index (χ3v) is 3.22. The van der Waals surface area contributed by atoms with Crippen LogP contribution in [0.15, 0.2) is 40.5 Å². The molecule has 0 fully saturated rings. The van der Waals surface area contributed by atoms with E-state index in [-0.39, 0.29) is 0 Å². The van der Waals surface area contributed by atoms with Gasteiger partial charge in [0.2, 0.25) is 0 Å². The van der Waals surface area contributed by atoms with Crippen molar-refractivity contribution in [2.75, 3.05) is 7.11 Å². The van der Waals surface area contributed by atoms with Crippen LogP contribution in [-0.2, 0) is 0 Å². The van der Waals surface area contributed by atoms with Gasteiger partial charge >= 0.3 is 0 Å². The van der Waals surface area contributed by atoms with Gasteiger partial charge in [0.05, 0.1) is 12.7 Å². The van der Waals surface area contributed by atoms with E-state index < -0.39 is 0 Å². The molecule has 0 aliphatic rings. The molecule has 0 amide bonds. The molecule has 0 aliphatic heterocycles. The maximum atomic E-state index is 9.07. The zero-order valence-electron chi connectivity index (χ0n) is 10.0.